The first kappa shape index (κ1) is 19.0. The van der Waals surface area contributed by atoms with Crippen molar-refractivity contribution in [1.82, 2.24) is 9.21 Å². The molecular formula is C18H26N2O5S. The molecule has 8 heteroatoms. The van der Waals surface area contributed by atoms with Crippen molar-refractivity contribution in [2.24, 2.45) is 5.92 Å². The van der Waals surface area contributed by atoms with Crippen molar-refractivity contribution in [3.63, 3.8) is 0 Å². The van der Waals surface area contributed by atoms with E-state index in [1.807, 2.05) is 18.2 Å². The number of likely N-dealkylation sites (tertiary alicyclic amines) is 1. The minimum atomic E-state index is -3.18. The van der Waals surface area contributed by atoms with Crippen LogP contribution in [0, 0.1) is 5.92 Å². The van der Waals surface area contributed by atoms with E-state index in [2.05, 4.69) is 0 Å². The molecule has 0 aromatic heterocycles. The van der Waals surface area contributed by atoms with Crippen LogP contribution in [-0.4, -0.2) is 61.3 Å². The molecule has 2 aliphatic rings. The summed E-state index contributed by atoms with van der Waals surface area (Å²) in [5.41, 5.74) is 2.19. The van der Waals surface area contributed by atoms with Crippen LogP contribution in [0.4, 0.5) is 4.79 Å². The van der Waals surface area contributed by atoms with Crippen molar-refractivity contribution < 1.29 is 23.1 Å². The van der Waals surface area contributed by atoms with Gasteiger partial charge in [0.15, 0.2) is 0 Å². The van der Waals surface area contributed by atoms with E-state index < -0.39 is 16.1 Å². The van der Waals surface area contributed by atoms with Gasteiger partial charge in [-0.25, -0.2) is 13.2 Å². The van der Waals surface area contributed by atoms with Crippen LogP contribution >= 0.6 is 0 Å². The molecule has 0 atom stereocenters. The summed E-state index contributed by atoms with van der Waals surface area (Å²) < 4.78 is 30.9. The summed E-state index contributed by atoms with van der Waals surface area (Å²) in [5, 5.41) is 8.98. The summed E-state index contributed by atoms with van der Waals surface area (Å²) in [6, 6.07) is 5.91. The Bertz CT molecular complexity index is 757. The van der Waals surface area contributed by atoms with Gasteiger partial charge in [0.25, 0.3) is 0 Å². The molecule has 0 unspecified atom stereocenters. The highest BCUT2D eigenvalue weighted by Gasteiger charge is 2.24. The van der Waals surface area contributed by atoms with Gasteiger partial charge in [-0.3, -0.25) is 0 Å². The monoisotopic (exact) mass is 382 g/mol. The number of sulfonamides is 1. The maximum atomic E-state index is 11.7. The molecule has 3 rings (SSSR count). The summed E-state index contributed by atoms with van der Waals surface area (Å²) in [5.74, 6) is 1.26. The van der Waals surface area contributed by atoms with Gasteiger partial charge in [-0.2, -0.15) is 4.31 Å². The molecule has 26 heavy (non-hydrogen) atoms. The fourth-order valence-corrected chi connectivity index (χ4v) is 4.43. The van der Waals surface area contributed by atoms with Gasteiger partial charge >= 0.3 is 6.09 Å². The lowest BCUT2D eigenvalue weighted by atomic mass is 9.94. The number of nitrogens with zero attached hydrogens (tertiary/aromatic N) is 2. The molecule has 1 fully saturated rings. The molecule has 1 N–H and O–H groups in total. The number of rotatable bonds is 5. The fourth-order valence-electron chi connectivity index (χ4n) is 3.64. The van der Waals surface area contributed by atoms with E-state index in [1.54, 1.807) is 0 Å². The predicted molar refractivity (Wildman–Crippen MR) is 97.8 cm³/mol. The largest absolute Gasteiger partial charge is 0.494 e. The van der Waals surface area contributed by atoms with Gasteiger partial charge in [-0.05, 0) is 54.9 Å². The van der Waals surface area contributed by atoms with Gasteiger partial charge in [-0.1, -0.05) is 6.07 Å². The Morgan fingerprint density at radius 2 is 1.96 bits per heavy atom. The van der Waals surface area contributed by atoms with Crippen LogP contribution in [0.2, 0.25) is 0 Å². The molecule has 1 aromatic rings. The minimum absolute atomic E-state index is 0.402. The second-order valence-corrected chi connectivity index (χ2v) is 9.11. The molecule has 1 saturated heterocycles. The van der Waals surface area contributed by atoms with E-state index in [9.17, 15) is 13.2 Å². The maximum absolute atomic E-state index is 11.7. The number of ether oxygens (including phenoxy) is 1. The Morgan fingerprint density at radius 3 is 2.62 bits per heavy atom. The maximum Gasteiger partial charge on any atom is 0.407 e. The molecule has 0 saturated carbocycles. The normalized spacial score (nSPS) is 19.2. The third-order valence-electron chi connectivity index (χ3n) is 5.30. The molecule has 7 nitrogen and oxygen atoms in total. The minimum Gasteiger partial charge on any atom is -0.494 e. The van der Waals surface area contributed by atoms with Crippen LogP contribution in [0.15, 0.2) is 18.2 Å². The fraction of sp³-hybridized carbons (Fsp3) is 0.611. The quantitative estimate of drug-likeness (QED) is 0.843. The number of hydrogen-bond acceptors (Lipinski definition) is 4. The van der Waals surface area contributed by atoms with Crippen LogP contribution < -0.4 is 4.74 Å². The van der Waals surface area contributed by atoms with E-state index in [0.29, 0.717) is 38.7 Å². The standard InChI is InChI=1S/C18H26N2O5S/c1-26(23,24)20-10-6-15-2-3-17(12-16(15)13-20)25-11-7-14-4-8-19(9-5-14)18(21)22/h2-3,12,14H,4-11,13H2,1H3,(H,21,22). The van der Waals surface area contributed by atoms with Gasteiger partial charge < -0.3 is 14.7 Å². The average Bonchev–Trinajstić information content (AvgIpc) is 2.61. The van der Waals surface area contributed by atoms with E-state index in [-0.39, 0.29) is 0 Å². The van der Waals surface area contributed by atoms with Crippen LogP contribution in [0.3, 0.4) is 0 Å². The van der Waals surface area contributed by atoms with E-state index >= 15 is 0 Å². The highest BCUT2D eigenvalue weighted by Crippen LogP contribution is 2.26. The zero-order valence-corrected chi connectivity index (χ0v) is 15.9. The van der Waals surface area contributed by atoms with E-state index in [4.69, 9.17) is 9.84 Å². The molecule has 0 bridgehead atoms. The zero-order valence-electron chi connectivity index (χ0n) is 15.1. The summed E-state index contributed by atoms with van der Waals surface area (Å²) in [6.07, 6.45) is 3.79. The summed E-state index contributed by atoms with van der Waals surface area (Å²) in [4.78, 5) is 12.4. The first-order valence-corrected chi connectivity index (χ1v) is 10.9. The number of carbonyl (C=O) groups is 1. The van der Waals surface area contributed by atoms with Gasteiger partial charge in [0.2, 0.25) is 10.0 Å². The molecule has 0 aliphatic carbocycles. The first-order chi connectivity index (χ1) is 12.3. The third-order valence-corrected chi connectivity index (χ3v) is 6.55. The topological polar surface area (TPSA) is 87.2 Å². The van der Waals surface area contributed by atoms with Crippen LogP contribution in [0.25, 0.3) is 0 Å². The van der Waals surface area contributed by atoms with Crippen molar-refractivity contribution in [3.8, 4) is 5.75 Å². The van der Waals surface area contributed by atoms with Gasteiger partial charge in [0.05, 0.1) is 12.9 Å². The number of fused-ring (bicyclic) bond motifs is 1. The molecular weight excluding hydrogens is 356 g/mol. The van der Waals surface area contributed by atoms with Gasteiger partial charge in [-0.15, -0.1) is 0 Å². The second kappa shape index (κ2) is 7.84. The molecule has 0 spiro atoms. The van der Waals surface area contributed by atoms with E-state index in [1.165, 1.54) is 21.0 Å². The number of carboxylic acid groups (broad SMARTS) is 1. The summed E-state index contributed by atoms with van der Waals surface area (Å²) in [7, 11) is -3.18. The van der Waals surface area contributed by atoms with Crippen LogP contribution in [-0.2, 0) is 23.0 Å². The number of piperidine rings is 1. The second-order valence-electron chi connectivity index (χ2n) is 7.13. The van der Waals surface area contributed by atoms with E-state index in [0.717, 1.165) is 37.0 Å². The zero-order chi connectivity index (χ0) is 18.7. The number of amides is 1. The van der Waals surface area contributed by atoms with Crippen molar-refractivity contribution in [1.29, 1.82) is 0 Å². The predicted octanol–water partition coefficient (Wildman–Crippen LogP) is 2.16. The van der Waals surface area contributed by atoms with Crippen molar-refractivity contribution in [2.75, 3.05) is 32.5 Å². The lowest BCUT2D eigenvalue weighted by Crippen LogP contribution is -2.37. The Kier molecular flexibility index (Phi) is 5.72. The molecule has 144 valence electrons. The van der Waals surface area contributed by atoms with Crippen molar-refractivity contribution >= 4 is 16.1 Å². The Balaban J connectivity index is 1.50. The Morgan fingerprint density at radius 1 is 1.23 bits per heavy atom. The first-order valence-electron chi connectivity index (χ1n) is 9.00. The van der Waals surface area contributed by atoms with Gasteiger partial charge in [0.1, 0.15) is 5.75 Å². The number of benzene rings is 1. The highest BCUT2D eigenvalue weighted by molar-refractivity contribution is 7.88. The summed E-state index contributed by atoms with van der Waals surface area (Å²) >= 11 is 0. The lowest BCUT2D eigenvalue weighted by molar-refractivity contribution is 0.119. The van der Waals surface area contributed by atoms with Crippen LogP contribution in [0.5, 0.6) is 5.75 Å². The SMILES string of the molecule is CS(=O)(=O)N1CCc2ccc(OCCC3CCN(C(=O)O)CC3)cc2C1. The number of hydrogen-bond donors (Lipinski definition) is 1. The van der Waals surface area contributed by atoms with Crippen molar-refractivity contribution in [3.05, 3.63) is 29.3 Å². The van der Waals surface area contributed by atoms with Gasteiger partial charge in [0, 0.05) is 26.2 Å². The molecule has 2 heterocycles. The molecule has 2 aliphatic heterocycles. The third kappa shape index (κ3) is 4.67. The van der Waals surface area contributed by atoms with Crippen molar-refractivity contribution in [2.45, 2.75) is 32.2 Å². The van der Waals surface area contributed by atoms with Crippen LogP contribution in [0.1, 0.15) is 30.4 Å². The molecule has 1 aromatic carbocycles. The Labute approximate surface area is 154 Å². The average molecular weight is 382 g/mol. The molecule has 0 radical (unpaired) electrons. The molecule has 1 amide bonds. The highest BCUT2D eigenvalue weighted by atomic mass is 32.2. The summed E-state index contributed by atoms with van der Waals surface area (Å²) in [6.45, 7) is 2.72. The Hall–Kier alpha value is -1.80. The smallest absolute Gasteiger partial charge is 0.407 e. The lowest BCUT2D eigenvalue weighted by Gasteiger charge is -2.30.